The summed E-state index contributed by atoms with van der Waals surface area (Å²) in [5.41, 5.74) is 2.88. The van der Waals surface area contributed by atoms with Gasteiger partial charge in [0.15, 0.2) is 5.78 Å². The molecule has 0 atom stereocenters. The number of aryl methyl sites for hydroxylation is 1. The van der Waals surface area contributed by atoms with Crippen LogP contribution in [0.25, 0.3) is 0 Å². The molecule has 19 heavy (non-hydrogen) atoms. The summed E-state index contributed by atoms with van der Waals surface area (Å²) in [6.07, 6.45) is -0.00102. The topological polar surface area (TPSA) is 17.1 Å². The maximum atomic E-state index is 13.1. The molecule has 0 aromatic heterocycles. The SMILES string of the molecule is Cc1cccc(C(=O)Cc2cc(F)cc(F)c2)c1C. The Morgan fingerprint density at radius 2 is 1.68 bits per heavy atom. The third kappa shape index (κ3) is 3.05. The molecule has 0 N–H and O–H groups in total. The molecule has 0 bridgehead atoms. The predicted octanol–water partition coefficient (Wildman–Crippen LogP) is 4.01. The molecule has 0 saturated carbocycles. The molecule has 2 aromatic rings. The molecule has 0 amide bonds. The average molecular weight is 260 g/mol. The lowest BCUT2D eigenvalue weighted by atomic mass is 9.96. The zero-order chi connectivity index (χ0) is 14.0. The zero-order valence-electron chi connectivity index (χ0n) is 10.8. The van der Waals surface area contributed by atoms with E-state index in [4.69, 9.17) is 0 Å². The summed E-state index contributed by atoms with van der Waals surface area (Å²) < 4.78 is 26.1. The van der Waals surface area contributed by atoms with Gasteiger partial charge in [0.1, 0.15) is 11.6 Å². The Labute approximate surface area is 110 Å². The third-order valence-electron chi connectivity index (χ3n) is 3.19. The number of carbonyl (C=O) groups excluding carboxylic acids is 1. The second-order valence-electron chi connectivity index (χ2n) is 4.63. The predicted molar refractivity (Wildman–Crippen MR) is 70.3 cm³/mol. The fourth-order valence-corrected chi connectivity index (χ4v) is 2.05. The van der Waals surface area contributed by atoms with E-state index in [-0.39, 0.29) is 12.2 Å². The molecule has 0 aliphatic rings. The van der Waals surface area contributed by atoms with Gasteiger partial charge in [-0.15, -0.1) is 0 Å². The van der Waals surface area contributed by atoms with Crippen LogP contribution in [0, 0.1) is 25.5 Å². The van der Waals surface area contributed by atoms with Crippen LogP contribution < -0.4 is 0 Å². The molecule has 0 spiro atoms. The van der Waals surface area contributed by atoms with Crippen LogP contribution in [0.4, 0.5) is 8.78 Å². The molecule has 0 fully saturated rings. The summed E-state index contributed by atoms with van der Waals surface area (Å²) in [6, 6.07) is 8.64. The Balaban J connectivity index is 2.28. The van der Waals surface area contributed by atoms with Crippen molar-refractivity contribution in [3.63, 3.8) is 0 Å². The highest BCUT2D eigenvalue weighted by atomic mass is 19.1. The molecule has 0 heterocycles. The van der Waals surface area contributed by atoms with Crippen molar-refractivity contribution < 1.29 is 13.6 Å². The summed E-state index contributed by atoms with van der Waals surface area (Å²) in [4.78, 5) is 12.2. The average Bonchev–Trinajstić information content (AvgIpc) is 2.31. The number of ketones is 1. The van der Waals surface area contributed by atoms with Gasteiger partial charge in [-0.3, -0.25) is 4.79 Å². The van der Waals surface area contributed by atoms with E-state index < -0.39 is 11.6 Å². The summed E-state index contributed by atoms with van der Waals surface area (Å²) in [6.45, 7) is 3.79. The Kier molecular flexibility index (Phi) is 3.74. The minimum atomic E-state index is -0.663. The van der Waals surface area contributed by atoms with E-state index >= 15 is 0 Å². The molecular formula is C16H14F2O. The first-order valence-electron chi connectivity index (χ1n) is 6.02. The lowest BCUT2D eigenvalue weighted by Crippen LogP contribution is -2.07. The van der Waals surface area contributed by atoms with Crippen molar-refractivity contribution in [2.24, 2.45) is 0 Å². The zero-order valence-corrected chi connectivity index (χ0v) is 10.8. The maximum Gasteiger partial charge on any atom is 0.167 e. The second kappa shape index (κ2) is 5.31. The molecule has 0 aliphatic heterocycles. The van der Waals surface area contributed by atoms with Gasteiger partial charge in [-0.2, -0.15) is 0 Å². The van der Waals surface area contributed by atoms with Crippen LogP contribution in [0.2, 0.25) is 0 Å². The van der Waals surface area contributed by atoms with Crippen LogP contribution in [-0.2, 0) is 6.42 Å². The van der Waals surface area contributed by atoms with Crippen LogP contribution in [-0.4, -0.2) is 5.78 Å². The molecule has 0 saturated heterocycles. The summed E-state index contributed by atoms with van der Waals surface area (Å²) in [5, 5.41) is 0. The highest BCUT2D eigenvalue weighted by Gasteiger charge is 2.12. The number of hydrogen-bond acceptors (Lipinski definition) is 1. The fourth-order valence-electron chi connectivity index (χ4n) is 2.05. The molecule has 0 aliphatic carbocycles. The Hall–Kier alpha value is -2.03. The fraction of sp³-hybridized carbons (Fsp3) is 0.188. The Morgan fingerprint density at radius 3 is 2.32 bits per heavy atom. The molecule has 3 heteroatoms. The van der Waals surface area contributed by atoms with E-state index in [1.54, 1.807) is 6.07 Å². The van der Waals surface area contributed by atoms with E-state index in [0.29, 0.717) is 11.1 Å². The van der Waals surface area contributed by atoms with E-state index in [2.05, 4.69) is 0 Å². The normalized spacial score (nSPS) is 10.5. The number of benzene rings is 2. The van der Waals surface area contributed by atoms with E-state index in [9.17, 15) is 13.6 Å². The maximum absolute atomic E-state index is 13.1. The lowest BCUT2D eigenvalue weighted by molar-refractivity contribution is 0.0992. The van der Waals surface area contributed by atoms with Gasteiger partial charge in [-0.1, -0.05) is 18.2 Å². The summed E-state index contributed by atoms with van der Waals surface area (Å²) in [7, 11) is 0. The van der Waals surface area contributed by atoms with Gasteiger partial charge >= 0.3 is 0 Å². The van der Waals surface area contributed by atoms with Gasteiger partial charge in [-0.25, -0.2) is 8.78 Å². The molecule has 1 nitrogen and oxygen atoms in total. The number of Topliss-reactive ketones (excluding diaryl/α,β-unsaturated/α-hetero) is 1. The Bertz CT molecular complexity index is 612. The summed E-state index contributed by atoms with van der Waals surface area (Å²) in [5.74, 6) is -1.46. The van der Waals surface area contributed by atoms with Crippen LogP contribution in [0.15, 0.2) is 36.4 Å². The van der Waals surface area contributed by atoms with Gasteiger partial charge < -0.3 is 0 Å². The molecule has 0 radical (unpaired) electrons. The van der Waals surface area contributed by atoms with Gasteiger partial charge in [0.05, 0.1) is 0 Å². The van der Waals surface area contributed by atoms with Crippen molar-refractivity contribution in [1.29, 1.82) is 0 Å². The molecule has 2 aromatic carbocycles. The largest absolute Gasteiger partial charge is 0.294 e. The number of rotatable bonds is 3. The lowest BCUT2D eigenvalue weighted by Gasteiger charge is -2.08. The first kappa shape index (κ1) is 13.4. The van der Waals surface area contributed by atoms with Crippen molar-refractivity contribution >= 4 is 5.78 Å². The van der Waals surface area contributed by atoms with Gasteiger partial charge in [0.25, 0.3) is 0 Å². The van der Waals surface area contributed by atoms with Crippen LogP contribution in [0.1, 0.15) is 27.0 Å². The third-order valence-corrected chi connectivity index (χ3v) is 3.19. The monoisotopic (exact) mass is 260 g/mol. The van der Waals surface area contributed by atoms with Gasteiger partial charge in [0.2, 0.25) is 0 Å². The van der Waals surface area contributed by atoms with Crippen molar-refractivity contribution in [2.75, 3.05) is 0 Å². The second-order valence-corrected chi connectivity index (χ2v) is 4.63. The van der Waals surface area contributed by atoms with E-state index in [1.165, 1.54) is 12.1 Å². The van der Waals surface area contributed by atoms with Crippen molar-refractivity contribution in [3.05, 3.63) is 70.3 Å². The van der Waals surface area contributed by atoms with Crippen molar-refractivity contribution in [1.82, 2.24) is 0 Å². The highest BCUT2D eigenvalue weighted by molar-refractivity contribution is 5.99. The smallest absolute Gasteiger partial charge is 0.167 e. The quantitative estimate of drug-likeness (QED) is 0.762. The minimum absolute atomic E-state index is 0.00102. The van der Waals surface area contributed by atoms with Crippen molar-refractivity contribution in [2.45, 2.75) is 20.3 Å². The summed E-state index contributed by atoms with van der Waals surface area (Å²) >= 11 is 0. The van der Waals surface area contributed by atoms with Crippen LogP contribution >= 0.6 is 0 Å². The van der Waals surface area contributed by atoms with E-state index in [1.807, 2.05) is 26.0 Å². The highest BCUT2D eigenvalue weighted by Crippen LogP contribution is 2.16. The van der Waals surface area contributed by atoms with Crippen LogP contribution in [0.5, 0.6) is 0 Å². The first-order valence-corrected chi connectivity index (χ1v) is 6.02. The van der Waals surface area contributed by atoms with Crippen molar-refractivity contribution in [3.8, 4) is 0 Å². The standard InChI is InChI=1S/C16H14F2O/c1-10-4-3-5-15(11(10)2)16(19)8-12-6-13(17)9-14(18)7-12/h3-7,9H,8H2,1-2H3. The number of hydrogen-bond donors (Lipinski definition) is 0. The number of carbonyl (C=O) groups is 1. The van der Waals surface area contributed by atoms with Gasteiger partial charge in [0, 0.05) is 18.1 Å². The molecule has 98 valence electrons. The first-order chi connectivity index (χ1) is 8.97. The number of halogens is 2. The minimum Gasteiger partial charge on any atom is -0.294 e. The van der Waals surface area contributed by atoms with Gasteiger partial charge in [-0.05, 0) is 42.7 Å². The molecule has 2 rings (SSSR count). The molecule has 0 unspecified atom stereocenters. The van der Waals surface area contributed by atoms with E-state index in [0.717, 1.165) is 17.2 Å². The van der Waals surface area contributed by atoms with Crippen LogP contribution in [0.3, 0.4) is 0 Å². The Morgan fingerprint density at radius 1 is 1.05 bits per heavy atom. The molecular weight excluding hydrogens is 246 g/mol.